The van der Waals surface area contributed by atoms with Crippen molar-refractivity contribution in [1.82, 2.24) is 0 Å². The Morgan fingerprint density at radius 1 is 1.73 bits per heavy atom. The molecule has 0 bridgehead atoms. The molecule has 1 aromatic rings. The number of aryl methyl sites for hydroxylation is 1. The van der Waals surface area contributed by atoms with Gasteiger partial charge in [-0.3, -0.25) is 0 Å². The first-order valence-corrected chi connectivity index (χ1v) is 3.63. The van der Waals surface area contributed by atoms with Crippen LogP contribution in [-0.4, -0.2) is 0 Å². The van der Waals surface area contributed by atoms with E-state index < -0.39 is 0 Å². The van der Waals surface area contributed by atoms with Crippen molar-refractivity contribution in [3.63, 3.8) is 0 Å². The third kappa shape index (κ3) is 1.40. The fourth-order valence-corrected chi connectivity index (χ4v) is 1.06. The molecule has 1 rings (SSSR count). The van der Waals surface area contributed by atoms with E-state index in [9.17, 15) is 5.21 Å². The van der Waals surface area contributed by atoms with Crippen molar-refractivity contribution in [1.29, 1.82) is 0 Å². The van der Waals surface area contributed by atoms with E-state index in [1.54, 1.807) is 12.1 Å². The largest absolute Gasteiger partial charge is 0.618 e. The summed E-state index contributed by atoms with van der Waals surface area (Å²) in [5.74, 6) is 0. The lowest BCUT2D eigenvalue weighted by atomic mass is 10.1. The van der Waals surface area contributed by atoms with Gasteiger partial charge in [0.2, 0.25) is 5.69 Å². The molecule has 1 aromatic heterocycles. The Labute approximate surface area is 66.4 Å². The van der Waals surface area contributed by atoms with Crippen LogP contribution < -0.4 is 4.73 Å². The molecule has 0 aliphatic carbocycles. The van der Waals surface area contributed by atoms with E-state index in [-0.39, 0.29) is 0 Å². The van der Waals surface area contributed by atoms with Gasteiger partial charge in [0.05, 0.1) is 0 Å². The predicted octanol–water partition coefficient (Wildman–Crippen LogP) is 1.53. The zero-order valence-corrected chi connectivity index (χ0v) is 6.58. The molecule has 2 heteroatoms. The zero-order valence-electron chi connectivity index (χ0n) is 6.58. The van der Waals surface area contributed by atoms with Crippen molar-refractivity contribution < 1.29 is 4.73 Å². The molecule has 0 aromatic carbocycles. The molecule has 0 spiro atoms. The molecule has 2 nitrogen and oxygen atoms in total. The Balaban J connectivity index is 3.24. The van der Waals surface area contributed by atoms with Crippen LogP contribution in [0.25, 0.3) is 6.08 Å². The molecular weight excluding hydrogens is 138 g/mol. The standard InChI is InChI=1S/C9H11NO/c1-3-8-6-5-7-10(11)9(8)4-2/h4-7H,2-3H2,1H3. The maximum Gasteiger partial charge on any atom is 0.219 e. The van der Waals surface area contributed by atoms with Gasteiger partial charge in [-0.25, -0.2) is 0 Å². The summed E-state index contributed by atoms with van der Waals surface area (Å²) >= 11 is 0. The first kappa shape index (κ1) is 7.79. The van der Waals surface area contributed by atoms with Gasteiger partial charge in [0, 0.05) is 17.7 Å². The van der Waals surface area contributed by atoms with Crippen LogP contribution in [0.5, 0.6) is 0 Å². The van der Waals surface area contributed by atoms with Crippen molar-refractivity contribution in [2.45, 2.75) is 13.3 Å². The van der Waals surface area contributed by atoms with E-state index in [1.807, 2.05) is 13.0 Å². The molecule has 0 saturated heterocycles. The predicted molar refractivity (Wildman–Crippen MR) is 44.9 cm³/mol. The second-order valence-corrected chi connectivity index (χ2v) is 2.30. The number of rotatable bonds is 2. The minimum atomic E-state index is 0.662. The maximum atomic E-state index is 11.1. The van der Waals surface area contributed by atoms with Gasteiger partial charge in [-0.05, 0) is 12.5 Å². The van der Waals surface area contributed by atoms with Crippen molar-refractivity contribution >= 4 is 6.08 Å². The van der Waals surface area contributed by atoms with Crippen LogP contribution in [0.2, 0.25) is 0 Å². The molecule has 0 N–H and O–H groups in total. The Morgan fingerprint density at radius 2 is 2.45 bits per heavy atom. The number of pyridine rings is 1. The fraction of sp³-hybridized carbons (Fsp3) is 0.222. The van der Waals surface area contributed by atoms with Crippen LogP contribution >= 0.6 is 0 Å². The zero-order chi connectivity index (χ0) is 8.27. The number of hydrogen-bond acceptors (Lipinski definition) is 1. The van der Waals surface area contributed by atoms with E-state index in [0.29, 0.717) is 5.69 Å². The van der Waals surface area contributed by atoms with Gasteiger partial charge >= 0.3 is 0 Å². The molecular formula is C9H11NO. The molecule has 0 atom stereocenters. The van der Waals surface area contributed by atoms with Gasteiger partial charge < -0.3 is 5.21 Å². The van der Waals surface area contributed by atoms with Gasteiger partial charge in [0.25, 0.3) is 0 Å². The number of hydrogen-bond donors (Lipinski definition) is 0. The summed E-state index contributed by atoms with van der Waals surface area (Å²) < 4.78 is 0.839. The Morgan fingerprint density at radius 3 is 2.91 bits per heavy atom. The summed E-state index contributed by atoms with van der Waals surface area (Å²) in [7, 11) is 0. The minimum Gasteiger partial charge on any atom is -0.618 e. The van der Waals surface area contributed by atoms with Gasteiger partial charge in [-0.1, -0.05) is 13.5 Å². The summed E-state index contributed by atoms with van der Waals surface area (Å²) in [4.78, 5) is 0. The van der Waals surface area contributed by atoms with Gasteiger partial charge in [0.1, 0.15) is 0 Å². The SMILES string of the molecule is C=Cc1c(CC)ccc[n+]1[O-]. The topological polar surface area (TPSA) is 26.9 Å². The van der Waals surface area contributed by atoms with Crippen molar-refractivity contribution in [2.75, 3.05) is 0 Å². The smallest absolute Gasteiger partial charge is 0.219 e. The highest BCUT2D eigenvalue weighted by molar-refractivity contribution is 5.43. The van der Waals surface area contributed by atoms with Crippen LogP contribution in [-0.2, 0) is 6.42 Å². The van der Waals surface area contributed by atoms with Crippen LogP contribution in [0.15, 0.2) is 24.9 Å². The molecule has 58 valence electrons. The molecule has 11 heavy (non-hydrogen) atoms. The monoisotopic (exact) mass is 149 g/mol. The molecule has 1 heterocycles. The Kier molecular flexibility index (Phi) is 2.26. The highest BCUT2D eigenvalue weighted by atomic mass is 16.5. The highest BCUT2D eigenvalue weighted by Gasteiger charge is 2.04. The second kappa shape index (κ2) is 3.19. The van der Waals surface area contributed by atoms with E-state index in [1.165, 1.54) is 6.20 Å². The number of nitrogens with zero attached hydrogens (tertiary/aromatic N) is 1. The molecule has 0 unspecified atom stereocenters. The lowest BCUT2D eigenvalue weighted by Gasteiger charge is -2.03. The van der Waals surface area contributed by atoms with Gasteiger partial charge in [0.15, 0.2) is 6.20 Å². The van der Waals surface area contributed by atoms with Crippen molar-refractivity contribution in [3.05, 3.63) is 41.4 Å². The minimum absolute atomic E-state index is 0.662. The molecule has 0 fully saturated rings. The lowest BCUT2D eigenvalue weighted by molar-refractivity contribution is -0.607. The highest BCUT2D eigenvalue weighted by Crippen LogP contribution is 2.04. The second-order valence-electron chi connectivity index (χ2n) is 2.30. The summed E-state index contributed by atoms with van der Waals surface area (Å²) in [6.07, 6.45) is 3.94. The van der Waals surface area contributed by atoms with E-state index >= 15 is 0 Å². The van der Waals surface area contributed by atoms with E-state index in [0.717, 1.165) is 16.7 Å². The van der Waals surface area contributed by atoms with Crippen LogP contribution in [0.1, 0.15) is 18.2 Å². The fourth-order valence-electron chi connectivity index (χ4n) is 1.06. The van der Waals surface area contributed by atoms with Crippen LogP contribution in [0, 0.1) is 5.21 Å². The average Bonchev–Trinajstić information content (AvgIpc) is 2.04. The van der Waals surface area contributed by atoms with E-state index in [2.05, 4.69) is 6.58 Å². The van der Waals surface area contributed by atoms with Crippen molar-refractivity contribution in [2.24, 2.45) is 0 Å². The third-order valence-corrected chi connectivity index (χ3v) is 1.66. The van der Waals surface area contributed by atoms with E-state index in [4.69, 9.17) is 0 Å². The average molecular weight is 149 g/mol. The van der Waals surface area contributed by atoms with Crippen LogP contribution in [0.4, 0.5) is 0 Å². The summed E-state index contributed by atoms with van der Waals surface area (Å²) in [6.45, 7) is 5.60. The first-order chi connectivity index (χ1) is 5.29. The van der Waals surface area contributed by atoms with Crippen molar-refractivity contribution in [3.8, 4) is 0 Å². The first-order valence-electron chi connectivity index (χ1n) is 3.63. The molecule has 0 radical (unpaired) electrons. The summed E-state index contributed by atoms with van der Waals surface area (Å²) in [5, 5.41) is 11.1. The summed E-state index contributed by atoms with van der Waals surface area (Å²) in [5.41, 5.74) is 1.70. The number of aromatic nitrogens is 1. The van der Waals surface area contributed by atoms with Gasteiger partial charge in [-0.15, -0.1) is 0 Å². The molecule has 0 aliphatic rings. The maximum absolute atomic E-state index is 11.1. The molecule has 0 amide bonds. The van der Waals surface area contributed by atoms with Gasteiger partial charge in [-0.2, -0.15) is 4.73 Å². The third-order valence-electron chi connectivity index (χ3n) is 1.66. The lowest BCUT2D eigenvalue weighted by Crippen LogP contribution is -2.30. The quantitative estimate of drug-likeness (QED) is 0.462. The normalized spacial score (nSPS) is 9.55. The Bertz CT molecular complexity index is 268. The molecule has 0 saturated carbocycles. The summed E-state index contributed by atoms with van der Waals surface area (Å²) in [6, 6.07) is 3.68. The van der Waals surface area contributed by atoms with Crippen LogP contribution in [0.3, 0.4) is 0 Å². The molecule has 0 aliphatic heterocycles. The Hall–Kier alpha value is -1.31.